The van der Waals surface area contributed by atoms with E-state index >= 15 is 0 Å². The number of ether oxygens (including phenoxy) is 2. The molecule has 1 amide bonds. The summed E-state index contributed by atoms with van der Waals surface area (Å²) in [6.45, 7) is 4.76. The molecule has 0 spiro atoms. The van der Waals surface area contributed by atoms with E-state index in [1.165, 1.54) is 25.3 Å². The van der Waals surface area contributed by atoms with Crippen molar-refractivity contribution in [3.63, 3.8) is 0 Å². The summed E-state index contributed by atoms with van der Waals surface area (Å²) >= 11 is 0. The maximum absolute atomic E-state index is 12.5. The van der Waals surface area contributed by atoms with E-state index in [1.54, 1.807) is 0 Å². The maximum atomic E-state index is 12.5. The van der Waals surface area contributed by atoms with Gasteiger partial charge in [0.25, 0.3) is 5.91 Å². The fraction of sp³-hybridized carbons (Fsp3) is 0.316. The lowest BCUT2D eigenvalue weighted by atomic mass is 10.1. The summed E-state index contributed by atoms with van der Waals surface area (Å²) in [5.74, 6) is -0.189. The molecule has 146 valence electrons. The summed E-state index contributed by atoms with van der Waals surface area (Å²) in [4.78, 5) is 12.3. The van der Waals surface area contributed by atoms with E-state index in [1.807, 2.05) is 38.1 Å². The van der Waals surface area contributed by atoms with Gasteiger partial charge in [0.05, 0.1) is 30.3 Å². The van der Waals surface area contributed by atoms with Gasteiger partial charge in [-0.15, -0.1) is 0 Å². The van der Waals surface area contributed by atoms with Crippen LogP contribution in [0.3, 0.4) is 0 Å². The molecule has 2 aromatic rings. The second kappa shape index (κ2) is 8.98. The molecule has 0 bridgehead atoms. The fourth-order valence-electron chi connectivity index (χ4n) is 2.34. The summed E-state index contributed by atoms with van der Waals surface area (Å²) in [5.41, 5.74) is 2.05. The first-order valence-corrected chi connectivity index (χ1v) is 9.94. The number of carbonyl (C=O) groups is 1. The van der Waals surface area contributed by atoms with Crippen LogP contribution < -0.4 is 15.2 Å². The third-order valence-corrected chi connectivity index (χ3v) is 4.71. The first kappa shape index (κ1) is 20.9. The lowest BCUT2D eigenvalue weighted by molar-refractivity contribution is 0.0657. The van der Waals surface area contributed by atoms with Crippen molar-refractivity contribution in [1.29, 1.82) is 0 Å². The standard InChI is InChI=1S/C19H24N2O5S/c1-13(2)26-12-15-6-4-14(5-7-15)11-21-19(22)17-10-16(27(20,23)24)8-9-18(17)25-3/h4-10,13H,11-12H2,1-3H3,(H,21,22)(H2,20,23,24). The monoisotopic (exact) mass is 392 g/mol. The number of carbonyl (C=O) groups excluding carboxylic acids is 1. The Morgan fingerprint density at radius 2 is 1.74 bits per heavy atom. The Labute approximate surface area is 159 Å². The van der Waals surface area contributed by atoms with Gasteiger partial charge in [0, 0.05) is 6.54 Å². The van der Waals surface area contributed by atoms with Crippen LogP contribution in [0.1, 0.15) is 35.3 Å². The number of methoxy groups -OCH3 is 1. The Kier molecular flexibility index (Phi) is 6.95. The van der Waals surface area contributed by atoms with Crippen molar-refractivity contribution in [2.75, 3.05) is 7.11 Å². The van der Waals surface area contributed by atoms with E-state index in [-0.39, 0.29) is 28.9 Å². The molecule has 0 heterocycles. The SMILES string of the molecule is COc1ccc(S(N)(=O)=O)cc1C(=O)NCc1ccc(COC(C)C)cc1. The van der Waals surface area contributed by atoms with Gasteiger partial charge in [0.2, 0.25) is 10.0 Å². The number of benzene rings is 2. The Balaban J connectivity index is 2.07. The third kappa shape index (κ3) is 6.06. The van der Waals surface area contributed by atoms with E-state index in [9.17, 15) is 13.2 Å². The molecule has 0 atom stereocenters. The number of primary sulfonamides is 1. The quantitative estimate of drug-likeness (QED) is 0.716. The highest BCUT2D eigenvalue weighted by Gasteiger charge is 2.17. The van der Waals surface area contributed by atoms with Crippen molar-refractivity contribution in [3.8, 4) is 5.75 Å². The predicted molar refractivity (Wildman–Crippen MR) is 102 cm³/mol. The molecule has 27 heavy (non-hydrogen) atoms. The molecule has 0 aromatic heterocycles. The highest BCUT2D eigenvalue weighted by Crippen LogP contribution is 2.22. The van der Waals surface area contributed by atoms with Gasteiger partial charge in [-0.3, -0.25) is 4.79 Å². The number of hydrogen-bond donors (Lipinski definition) is 2. The summed E-state index contributed by atoms with van der Waals surface area (Å²) in [6, 6.07) is 11.6. The normalized spacial score (nSPS) is 11.4. The molecule has 0 unspecified atom stereocenters. The molecule has 0 saturated heterocycles. The first-order chi connectivity index (χ1) is 12.7. The van der Waals surface area contributed by atoms with Crippen LogP contribution >= 0.6 is 0 Å². The van der Waals surface area contributed by atoms with Crippen LogP contribution in [0.5, 0.6) is 5.75 Å². The van der Waals surface area contributed by atoms with Crippen molar-refractivity contribution in [2.45, 2.75) is 38.0 Å². The molecular formula is C19H24N2O5S. The smallest absolute Gasteiger partial charge is 0.255 e. The Morgan fingerprint density at radius 1 is 1.11 bits per heavy atom. The molecule has 7 nitrogen and oxygen atoms in total. The molecule has 2 rings (SSSR count). The second-order valence-electron chi connectivity index (χ2n) is 6.27. The molecule has 8 heteroatoms. The van der Waals surface area contributed by atoms with Crippen LogP contribution in [0.25, 0.3) is 0 Å². The van der Waals surface area contributed by atoms with Gasteiger partial charge in [-0.25, -0.2) is 13.6 Å². The number of hydrogen-bond acceptors (Lipinski definition) is 5. The average molecular weight is 392 g/mol. The minimum Gasteiger partial charge on any atom is -0.496 e. The highest BCUT2D eigenvalue weighted by atomic mass is 32.2. The first-order valence-electron chi connectivity index (χ1n) is 8.39. The molecule has 0 fully saturated rings. The van der Waals surface area contributed by atoms with Gasteiger partial charge in [-0.2, -0.15) is 0 Å². The third-order valence-electron chi connectivity index (χ3n) is 3.80. The molecule has 2 aromatic carbocycles. The van der Waals surface area contributed by atoms with Crippen molar-refractivity contribution in [2.24, 2.45) is 5.14 Å². The molecule has 0 radical (unpaired) electrons. The van der Waals surface area contributed by atoms with Gasteiger partial charge in [-0.05, 0) is 43.2 Å². The number of amides is 1. The van der Waals surface area contributed by atoms with Gasteiger partial charge in [0.15, 0.2) is 0 Å². The maximum Gasteiger partial charge on any atom is 0.255 e. The lowest BCUT2D eigenvalue weighted by Gasteiger charge is -2.11. The van der Waals surface area contributed by atoms with Crippen molar-refractivity contribution in [3.05, 3.63) is 59.2 Å². The van der Waals surface area contributed by atoms with Crippen LogP contribution in [-0.4, -0.2) is 27.5 Å². The number of sulfonamides is 1. The van der Waals surface area contributed by atoms with Gasteiger partial charge >= 0.3 is 0 Å². The molecule has 3 N–H and O–H groups in total. The van der Waals surface area contributed by atoms with Gasteiger partial charge < -0.3 is 14.8 Å². The molecule has 0 aliphatic rings. The Morgan fingerprint density at radius 3 is 2.30 bits per heavy atom. The van der Waals surface area contributed by atoms with Crippen LogP contribution in [0, 0.1) is 0 Å². The van der Waals surface area contributed by atoms with Crippen molar-refractivity contribution in [1.82, 2.24) is 5.32 Å². The summed E-state index contributed by atoms with van der Waals surface area (Å²) in [7, 11) is -2.51. The van der Waals surface area contributed by atoms with Gasteiger partial charge in [0.1, 0.15) is 5.75 Å². The topological polar surface area (TPSA) is 108 Å². The van der Waals surface area contributed by atoms with Crippen LogP contribution in [-0.2, 0) is 27.9 Å². The lowest BCUT2D eigenvalue weighted by Crippen LogP contribution is -2.24. The number of nitrogens with one attached hydrogen (secondary N) is 1. The summed E-state index contributed by atoms with van der Waals surface area (Å²) in [6.07, 6.45) is 0.159. The van der Waals surface area contributed by atoms with E-state index < -0.39 is 15.9 Å². The van der Waals surface area contributed by atoms with E-state index in [0.717, 1.165) is 11.1 Å². The van der Waals surface area contributed by atoms with E-state index in [2.05, 4.69) is 5.32 Å². The number of rotatable bonds is 8. The van der Waals surface area contributed by atoms with Crippen LogP contribution in [0.2, 0.25) is 0 Å². The minimum atomic E-state index is -3.91. The van der Waals surface area contributed by atoms with E-state index in [4.69, 9.17) is 14.6 Å². The average Bonchev–Trinajstić information content (AvgIpc) is 2.63. The van der Waals surface area contributed by atoms with E-state index in [0.29, 0.717) is 6.61 Å². The Hall–Kier alpha value is -2.42. The highest BCUT2D eigenvalue weighted by molar-refractivity contribution is 7.89. The van der Waals surface area contributed by atoms with Gasteiger partial charge in [-0.1, -0.05) is 24.3 Å². The van der Waals surface area contributed by atoms with Crippen LogP contribution in [0.15, 0.2) is 47.4 Å². The van der Waals surface area contributed by atoms with Crippen LogP contribution in [0.4, 0.5) is 0 Å². The predicted octanol–water partition coefficient (Wildman–Crippen LogP) is 2.20. The zero-order valence-corrected chi connectivity index (χ0v) is 16.4. The Bertz CT molecular complexity index is 893. The minimum absolute atomic E-state index is 0.103. The van der Waals surface area contributed by atoms with Crippen molar-refractivity contribution >= 4 is 15.9 Å². The molecule has 0 saturated carbocycles. The zero-order valence-electron chi connectivity index (χ0n) is 15.6. The zero-order chi connectivity index (χ0) is 20.0. The fourth-order valence-corrected chi connectivity index (χ4v) is 2.88. The molecule has 0 aliphatic carbocycles. The molecular weight excluding hydrogens is 368 g/mol. The summed E-state index contributed by atoms with van der Waals surface area (Å²) < 4.78 is 33.7. The summed E-state index contributed by atoms with van der Waals surface area (Å²) in [5, 5.41) is 7.88. The molecule has 0 aliphatic heterocycles. The second-order valence-corrected chi connectivity index (χ2v) is 7.83. The van der Waals surface area contributed by atoms with Crippen molar-refractivity contribution < 1.29 is 22.7 Å². The largest absolute Gasteiger partial charge is 0.496 e. The number of nitrogens with two attached hydrogens (primary N) is 1.